The molecule has 2 aromatic carbocycles. The standard InChI is InChI=1S/C27H26N2O5/c1-2-3-15-34-22-12-8-20(9-13-22)25(31)23-24(19-6-10-21(30)11-7-19)29(27(33)26(23)32)17-18-5-4-14-28-16-18/h4-14,16,24,30-31H,2-3,15,17H2,1H3/t24-/m1/s1. The number of carbonyl (C=O) groups excluding carboxylic acids is 2. The van der Waals surface area contributed by atoms with E-state index in [1.165, 1.54) is 17.0 Å². The zero-order chi connectivity index (χ0) is 24.1. The Kier molecular flexibility index (Phi) is 6.92. The lowest BCUT2D eigenvalue weighted by atomic mass is 9.95. The Labute approximate surface area is 198 Å². The number of phenolic OH excluding ortho intramolecular Hbond substituents is 1. The lowest BCUT2D eigenvalue weighted by Gasteiger charge is -2.25. The fourth-order valence-corrected chi connectivity index (χ4v) is 3.93. The minimum absolute atomic E-state index is 0.000712. The second-order valence-corrected chi connectivity index (χ2v) is 8.11. The number of amides is 1. The molecule has 7 nitrogen and oxygen atoms in total. The van der Waals surface area contributed by atoms with E-state index in [-0.39, 0.29) is 23.6 Å². The highest BCUT2D eigenvalue weighted by Gasteiger charge is 2.46. The molecule has 1 fully saturated rings. The second kappa shape index (κ2) is 10.2. The molecule has 34 heavy (non-hydrogen) atoms. The average molecular weight is 459 g/mol. The summed E-state index contributed by atoms with van der Waals surface area (Å²) < 4.78 is 5.67. The summed E-state index contributed by atoms with van der Waals surface area (Å²) in [5.74, 6) is -1.00. The van der Waals surface area contributed by atoms with E-state index in [4.69, 9.17) is 4.74 Å². The van der Waals surface area contributed by atoms with Crippen molar-refractivity contribution < 1.29 is 24.5 Å². The van der Waals surface area contributed by atoms with Crippen LogP contribution in [-0.4, -0.2) is 38.4 Å². The van der Waals surface area contributed by atoms with Gasteiger partial charge in [0.25, 0.3) is 11.7 Å². The number of aliphatic hydroxyl groups is 1. The second-order valence-electron chi connectivity index (χ2n) is 8.11. The van der Waals surface area contributed by atoms with E-state index in [0.29, 0.717) is 23.5 Å². The molecule has 1 aromatic heterocycles. The van der Waals surface area contributed by atoms with Gasteiger partial charge < -0.3 is 19.8 Å². The lowest BCUT2D eigenvalue weighted by molar-refractivity contribution is -0.140. The minimum Gasteiger partial charge on any atom is -0.508 e. The molecule has 1 saturated heterocycles. The van der Waals surface area contributed by atoms with Gasteiger partial charge in [0.2, 0.25) is 0 Å². The Hall–Kier alpha value is -4.13. The number of aromatic hydroxyl groups is 1. The number of ether oxygens (including phenoxy) is 1. The van der Waals surface area contributed by atoms with Gasteiger partial charge in [-0.2, -0.15) is 0 Å². The molecule has 3 aromatic rings. The smallest absolute Gasteiger partial charge is 0.295 e. The van der Waals surface area contributed by atoms with Gasteiger partial charge >= 0.3 is 0 Å². The molecule has 7 heteroatoms. The first-order chi connectivity index (χ1) is 16.5. The van der Waals surface area contributed by atoms with Gasteiger partial charge in [-0.1, -0.05) is 31.5 Å². The van der Waals surface area contributed by atoms with E-state index >= 15 is 0 Å². The summed E-state index contributed by atoms with van der Waals surface area (Å²) >= 11 is 0. The topological polar surface area (TPSA) is 100.0 Å². The van der Waals surface area contributed by atoms with Crippen molar-refractivity contribution in [2.75, 3.05) is 6.61 Å². The van der Waals surface area contributed by atoms with Crippen molar-refractivity contribution in [2.45, 2.75) is 32.4 Å². The van der Waals surface area contributed by atoms with Crippen molar-refractivity contribution in [2.24, 2.45) is 0 Å². The van der Waals surface area contributed by atoms with Gasteiger partial charge in [0.05, 0.1) is 18.2 Å². The summed E-state index contributed by atoms with van der Waals surface area (Å²) in [6.45, 7) is 2.83. The van der Waals surface area contributed by atoms with Gasteiger partial charge in [0, 0.05) is 24.5 Å². The number of hydrogen-bond donors (Lipinski definition) is 2. The van der Waals surface area contributed by atoms with Gasteiger partial charge in [-0.25, -0.2) is 0 Å². The van der Waals surface area contributed by atoms with E-state index in [1.54, 1.807) is 54.9 Å². The Bertz CT molecular complexity index is 1190. The largest absolute Gasteiger partial charge is 0.508 e. The third-order valence-electron chi connectivity index (χ3n) is 5.72. The molecule has 0 saturated carbocycles. The molecule has 1 aliphatic rings. The van der Waals surface area contributed by atoms with Crippen LogP contribution in [0, 0.1) is 0 Å². The van der Waals surface area contributed by atoms with Gasteiger partial charge in [0.15, 0.2) is 0 Å². The monoisotopic (exact) mass is 458 g/mol. The van der Waals surface area contributed by atoms with Crippen LogP contribution in [0.1, 0.15) is 42.5 Å². The number of pyridine rings is 1. The molecule has 2 N–H and O–H groups in total. The number of likely N-dealkylation sites (tertiary alicyclic amines) is 1. The SMILES string of the molecule is CCCCOc1ccc(C(O)=C2C(=O)C(=O)N(Cc3cccnc3)[C@@H]2c2ccc(O)cc2)cc1. The number of hydrogen-bond acceptors (Lipinski definition) is 6. The van der Waals surface area contributed by atoms with Crippen LogP contribution in [0.5, 0.6) is 11.5 Å². The van der Waals surface area contributed by atoms with Crippen LogP contribution in [0.2, 0.25) is 0 Å². The molecule has 0 spiro atoms. The predicted molar refractivity (Wildman–Crippen MR) is 127 cm³/mol. The molecule has 1 aliphatic heterocycles. The van der Waals surface area contributed by atoms with Crippen molar-refractivity contribution in [3.05, 3.63) is 95.3 Å². The van der Waals surface area contributed by atoms with Crippen LogP contribution in [0.4, 0.5) is 0 Å². The molecule has 0 bridgehead atoms. The Morgan fingerprint density at radius 1 is 1.06 bits per heavy atom. The van der Waals surface area contributed by atoms with Gasteiger partial charge in [-0.3, -0.25) is 14.6 Å². The van der Waals surface area contributed by atoms with E-state index in [2.05, 4.69) is 11.9 Å². The molecule has 0 aliphatic carbocycles. The van der Waals surface area contributed by atoms with Crippen LogP contribution >= 0.6 is 0 Å². The summed E-state index contributed by atoms with van der Waals surface area (Å²) in [6, 6.07) is 15.8. The summed E-state index contributed by atoms with van der Waals surface area (Å²) in [5, 5.41) is 20.9. The van der Waals surface area contributed by atoms with Crippen molar-refractivity contribution in [1.29, 1.82) is 0 Å². The van der Waals surface area contributed by atoms with Gasteiger partial charge in [-0.05, 0) is 60.0 Å². The van der Waals surface area contributed by atoms with Crippen LogP contribution in [0.3, 0.4) is 0 Å². The summed E-state index contributed by atoms with van der Waals surface area (Å²) in [5.41, 5.74) is 1.76. The van der Waals surface area contributed by atoms with Crippen molar-refractivity contribution >= 4 is 17.4 Å². The summed E-state index contributed by atoms with van der Waals surface area (Å²) in [4.78, 5) is 31.7. The summed E-state index contributed by atoms with van der Waals surface area (Å²) in [6.07, 6.45) is 5.22. The maximum atomic E-state index is 13.1. The molecule has 174 valence electrons. The fraction of sp³-hybridized carbons (Fsp3) is 0.222. The molecular weight excluding hydrogens is 432 g/mol. The minimum atomic E-state index is -0.818. The number of Topliss-reactive ketones (excluding diaryl/α,β-unsaturated/α-hetero) is 1. The molecule has 1 atom stereocenters. The fourth-order valence-electron chi connectivity index (χ4n) is 3.93. The number of rotatable bonds is 8. The molecule has 1 amide bonds. The highest BCUT2D eigenvalue weighted by molar-refractivity contribution is 6.46. The number of unbranched alkanes of at least 4 members (excludes halogenated alkanes) is 1. The number of carbonyl (C=O) groups is 2. The van der Waals surface area contributed by atoms with Crippen LogP contribution in [0.25, 0.3) is 5.76 Å². The maximum absolute atomic E-state index is 13.1. The number of aliphatic hydroxyl groups excluding tert-OH is 1. The lowest BCUT2D eigenvalue weighted by Crippen LogP contribution is -2.29. The molecule has 0 unspecified atom stereocenters. The third kappa shape index (κ3) is 4.78. The predicted octanol–water partition coefficient (Wildman–Crippen LogP) is 4.59. The average Bonchev–Trinajstić information content (AvgIpc) is 3.10. The Morgan fingerprint density at radius 3 is 2.44 bits per heavy atom. The van der Waals surface area contributed by atoms with E-state index in [1.807, 2.05) is 6.07 Å². The highest BCUT2D eigenvalue weighted by Crippen LogP contribution is 2.40. The quantitative estimate of drug-likeness (QED) is 0.222. The Morgan fingerprint density at radius 2 is 1.79 bits per heavy atom. The number of phenols is 1. The van der Waals surface area contributed by atoms with Gasteiger partial charge in [-0.15, -0.1) is 0 Å². The normalized spacial score (nSPS) is 17.2. The van der Waals surface area contributed by atoms with Crippen molar-refractivity contribution in [3.8, 4) is 11.5 Å². The van der Waals surface area contributed by atoms with Crippen LogP contribution < -0.4 is 4.74 Å². The first kappa shape index (κ1) is 23.0. The Balaban J connectivity index is 1.74. The van der Waals surface area contributed by atoms with E-state index in [9.17, 15) is 19.8 Å². The molecule has 0 radical (unpaired) electrons. The number of nitrogens with zero attached hydrogens (tertiary/aromatic N) is 2. The maximum Gasteiger partial charge on any atom is 0.295 e. The van der Waals surface area contributed by atoms with E-state index in [0.717, 1.165) is 18.4 Å². The number of ketones is 1. The number of aromatic nitrogens is 1. The first-order valence-electron chi connectivity index (χ1n) is 11.2. The zero-order valence-corrected chi connectivity index (χ0v) is 18.8. The summed E-state index contributed by atoms with van der Waals surface area (Å²) in [7, 11) is 0. The van der Waals surface area contributed by atoms with Crippen LogP contribution in [-0.2, 0) is 16.1 Å². The van der Waals surface area contributed by atoms with Crippen molar-refractivity contribution in [3.63, 3.8) is 0 Å². The van der Waals surface area contributed by atoms with Crippen LogP contribution in [0.15, 0.2) is 78.6 Å². The third-order valence-corrected chi connectivity index (χ3v) is 5.72. The van der Waals surface area contributed by atoms with Gasteiger partial charge in [0.1, 0.15) is 17.3 Å². The molecular formula is C27H26N2O5. The molecule has 4 rings (SSSR count). The first-order valence-corrected chi connectivity index (χ1v) is 11.2. The van der Waals surface area contributed by atoms with Crippen molar-refractivity contribution in [1.82, 2.24) is 9.88 Å². The highest BCUT2D eigenvalue weighted by atomic mass is 16.5. The number of benzene rings is 2. The molecule has 2 heterocycles. The zero-order valence-electron chi connectivity index (χ0n) is 18.8. The van der Waals surface area contributed by atoms with E-state index < -0.39 is 17.7 Å².